The fourth-order valence-electron chi connectivity index (χ4n) is 1.45. The highest BCUT2D eigenvalue weighted by Gasteiger charge is 2.12. The third-order valence-corrected chi connectivity index (χ3v) is 2.54. The maximum atomic E-state index is 11.2. The van der Waals surface area contributed by atoms with E-state index in [1.54, 1.807) is 6.92 Å². The Balaban J connectivity index is 2.48. The number of carbonyl (C=O) groups excluding carboxylic acids is 1. The fourth-order valence-corrected chi connectivity index (χ4v) is 1.67. The summed E-state index contributed by atoms with van der Waals surface area (Å²) in [4.78, 5) is 11.2. The molecule has 2 N–H and O–H groups in total. The van der Waals surface area contributed by atoms with Gasteiger partial charge < -0.3 is 10.5 Å². The highest BCUT2D eigenvalue weighted by molar-refractivity contribution is 6.31. The van der Waals surface area contributed by atoms with Crippen LogP contribution in [-0.4, -0.2) is 18.6 Å². The van der Waals surface area contributed by atoms with Gasteiger partial charge in [-0.15, -0.1) is 0 Å². The molecule has 16 heavy (non-hydrogen) atoms. The number of rotatable bonds is 5. The maximum Gasteiger partial charge on any atom is 0.307 e. The topological polar surface area (TPSA) is 52.3 Å². The van der Waals surface area contributed by atoms with Crippen LogP contribution in [0, 0.1) is 0 Å². The van der Waals surface area contributed by atoms with Crippen molar-refractivity contribution in [1.29, 1.82) is 0 Å². The zero-order valence-corrected chi connectivity index (χ0v) is 10.0. The van der Waals surface area contributed by atoms with Crippen LogP contribution >= 0.6 is 11.6 Å². The summed E-state index contributed by atoms with van der Waals surface area (Å²) < 4.78 is 4.83. The van der Waals surface area contributed by atoms with Gasteiger partial charge in [-0.1, -0.05) is 29.8 Å². The summed E-state index contributed by atoms with van der Waals surface area (Å²) in [6.07, 6.45) is 0.803. The molecule has 1 aromatic carbocycles. The van der Waals surface area contributed by atoms with Crippen LogP contribution in [0.4, 0.5) is 0 Å². The Morgan fingerprint density at radius 2 is 2.19 bits per heavy atom. The Kier molecular flexibility index (Phi) is 5.29. The summed E-state index contributed by atoms with van der Waals surface area (Å²) in [5.41, 5.74) is 6.81. The summed E-state index contributed by atoms with van der Waals surface area (Å²) >= 11 is 5.99. The van der Waals surface area contributed by atoms with Gasteiger partial charge in [0, 0.05) is 11.1 Å². The second kappa shape index (κ2) is 6.51. The molecule has 0 unspecified atom stereocenters. The lowest BCUT2D eigenvalue weighted by Crippen LogP contribution is -2.27. The van der Waals surface area contributed by atoms with Crippen LogP contribution in [0.3, 0.4) is 0 Å². The van der Waals surface area contributed by atoms with Crippen molar-refractivity contribution in [2.24, 2.45) is 5.73 Å². The average Bonchev–Trinajstić information content (AvgIpc) is 2.21. The third-order valence-electron chi connectivity index (χ3n) is 2.17. The summed E-state index contributed by atoms with van der Waals surface area (Å²) in [5, 5.41) is 0.682. The van der Waals surface area contributed by atoms with Crippen molar-refractivity contribution in [3.8, 4) is 0 Å². The highest BCUT2D eigenvalue weighted by Crippen LogP contribution is 2.16. The number of benzene rings is 1. The predicted molar refractivity (Wildman–Crippen MR) is 64.4 cm³/mol. The molecule has 0 heterocycles. The summed E-state index contributed by atoms with van der Waals surface area (Å²) in [6.45, 7) is 2.16. The number of hydrogen-bond acceptors (Lipinski definition) is 3. The van der Waals surface area contributed by atoms with E-state index in [1.165, 1.54) is 0 Å². The van der Waals surface area contributed by atoms with Crippen molar-refractivity contribution in [3.05, 3.63) is 34.9 Å². The lowest BCUT2D eigenvalue weighted by atomic mass is 10.0. The first-order chi connectivity index (χ1) is 7.63. The van der Waals surface area contributed by atoms with Crippen LogP contribution in [0.5, 0.6) is 0 Å². The van der Waals surface area contributed by atoms with E-state index in [9.17, 15) is 4.79 Å². The van der Waals surface area contributed by atoms with E-state index in [-0.39, 0.29) is 18.4 Å². The van der Waals surface area contributed by atoms with E-state index in [0.717, 1.165) is 5.56 Å². The zero-order valence-electron chi connectivity index (χ0n) is 9.28. The van der Waals surface area contributed by atoms with E-state index in [1.807, 2.05) is 24.3 Å². The number of nitrogens with two attached hydrogens (primary N) is 1. The largest absolute Gasteiger partial charge is 0.466 e. The minimum atomic E-state index is -0.262. The normalized spacial score (nSPS) is 12.2. The van der Waals surface area contributed by atoms with Gasteiger partial charge in [-0.2, -0.15) is 0 Å². The second-order valence-electron chi connectivity index (χ2n) is 3.56. The Labute approximate surface area is 101 Å². The van der Waals surface area contributed by atoms with Crippen LogP contribution in [0.25, 0.3) is 0 Å². The Morgan fingerprint density at radius 1 is 1.50 bits per heavy atom. The minimum absolute atomic E-state index is 0.221. The number of halogens is 1. The first-order valence-electron chi connectivity index (χ1n) is 5.28. The number of carbonyl (C=O) groups is 1. The lowest BCUT2D eigenvalue weighted by molar-refractivity contribution is -0.143. The molecule has 4 heteroatoms. The molecule has 0 aliphatic carbocycles. The summed E-state index contributed by atoms with van der Waals surface area (Å²) in [6, 6.07) is 7.24. The van der Waals surface area contributed by atoms with E-state index < -0.39 is 0 Å². The van der Waals surface area contributed by atoms with Gasteiger partial charge in [-0.05, 0) is 25.0 Å². The van der Waals surface area contributed by atoms with Crippen molar-refractivity contribution < 1.29 is 9.53 Å². The minimum Gasteiger partial charge on any atom is -0.466 e. The summed E-state index contributed by atoms with van der Waals surface area (Å²) in [7, 11) is 0. The molecule has 0 spiro atoms. The first-order valence-corrected chi connectivity index (χ1v) is 5.66. The van der Waals surface area contributed by atoms with Crippen LogP contribution in [0.1, 0.15) is 18.9 Å². The lowest BCUT2D eigenvalue weighted by Gasteiger charge is -2.11. The molecule has 0 bridgehead atoms. The molecule has 1 aromatic rings. The molecule has 0 radical (unpaired) electrons. The molecule has 0 saturated carbocycles. The van der Waals surface area contributed by atoms with E-state index in [2.05, 4.69) is 0 Å². The average molecular weight is 242 g/mol. The number of esters is 1. The van der Waals surface area contributed by atoms with Crippen molar-refractivity contribution in [2.75, 3.05) is 6.61 Å². The Hall–Kier alpha value is -1.06. The zero-order chi connectivity index (χ0) is 12.0. The molecule has 0 amide bonds. The molecule has 0 saturated heterocycles. The smallest absolute Gasteiger partial charge is 0.307 e. The summed E-state index contributed by atoms with van der Waals surface area (Å²) in [5.74, 6) is -0.262. The van der Waals surface area contributed by atoms with Crippen LogP contribution in [0.15, 0.2) is 24.3 Å². The molecule has 88 valence electrons. The first kappa shape index (κ1) is 13.0. The molecule has 0 aromatic heterocycles. The van der Waals surface area contributed by atoms with E-state index in [0.29, 0.717) is 18.1 Å². The number of hydrogen-bond donors (Lipinski definition) is 1. The monoisotopic (exact) mass is 241 g/mol. The van der Waals surface area contributed by atoms with Gasteiger partial charge >= 0.3 is 5.97 Å². The van der Waals surface area contributed by atoms with Crippen LogP contribution in [-0.2, 0) is 16.0 Å². The molecular formula is C12H16ClNO2. The van der Waals surface area contributed by atoms with Gasteiger partial charge in [-0.3, -0.25) is 4.79 Å². The van der Waals surface area contributed by atoms with Gasteiger partial charge in [0.15, 0.2) is 0 Å². The molecule has 0 fully saturated rings. The fraction of sp³-hybridized carbons (Fsp3) is 0.417. The van der Waals surface area contributed by atoms with Gasteiger partial charge in [-0.25, -0.2) is 0 Å². The van der Waals surface area contributed by atoms with Gasteiger partial charge in [0.1, 0.15) is 0 Å². The molecule has 0 aliphatic heterocycles. The molecule has 3 nitrogen and oxygen atoms in total. The number of ether oxygens (including phenoxy) is 1. The van der Waals surface area contributed by atoms with Crippen molar-refractivity contribution in [3.63, 3.8) is 0 Å². The molecule has 0 aliphatic rings. The SMILES string of the molecule is CCOC(=O)C[C@H](N)Cc1ccccc1Cl. The van der Waals surface area contributed by atoms with Gasteiger partial charge in [0.25, 0.3) is 0 Å². The third kappa shape index (κ3) is 4.21. The predicted octanol–water partition coefficient (Wildman–Crippen LogP) is 2.16. The van der Waals surface area contributed by atoms with Crippen molar-refractivity contribution in [1.82, 2.24) is 0 Å². The molecule has 1 atom stereocenters. The van der Waals surface area contributed by atoms with Crippen LogP contribution < -0.4 is 5.73 Å². The standard InChI is InChI=1S/C12H16ClNO2/c1-2-16-12(15)8-10(14)7-9-5-3-4-6-11(9)13/h3-6,10H,2,7-8,14H2,1H3/t10-/m1/s1. The highest BCUT2D eigenvalue weighted by atomic mass is 35.5. The quantitative estimate of drug-likeness (QED) is 0.804. The Bertz CT molecular complexity index is 355. The van der Waals surface area contributed by atoms with Crippen molar-refractivity contribution in [2.45, 2.75) is 25.8 Å². The molecule has 1 rings (SSSR count). The van der Waals surface area contributed by atoms with Gasteiger partial charge in [0.05, 0.1) is 13.0 Å². The van der Waals surface area contributed by atoms with Crippen LogP contribution in [0.2, 0.25) is 5.02 Å². The van der Waals surface area contributed by atoms with E-state index in [4.69, 9.17) is 22.1 Å². The second-order valence-corrected chi connectivity index (χ2v) is 3.97. The van der Waals surface area contributed by atoms with E-state index >= 15 is 0 Å². The maximum absolute atomic E-state index is 11.2. The van der Waals surface area contributed by atoms with Crippen molar-refractivity contribution >= 4 is 17.6 Å². The Morgan fingerprint density at radius 3 is 2.81 bits per heavy atom. The van der Waals surface area contributed by atoms with Gasteiger partial charge in [0.2, 0.25) is 0 Å². The molecular weight excluding hydrogens is 226 g/mol.